The van der Waals surface area contributed by atoms with Crippen LogP contribution in [0.3, 0.4) is 0 Å². The zero-order valence-corrected chi connectivity index (χ0v) is 18.2. The van der Waals surface area contributed by atoms with Crippen LogP contribution in [-0.4, -0.2) is 0 Å². The largest absolute Gasteiger partial charge is 0.399 e. The Morgan fingerprint density at radius 2 is 1.36 bits per heavy atom. The Morgan fingerprint density at radius 3 is 1.96 bits per heavy atom. The summed E-state index contributed by atoms with van der Waals surface area (Å²) in [6, 6.07) is 17.1. The van der Waals surface area contributed by atoms with Gasteiger partial charge >= 0.3 is 0 Å². The number of benzene rings is 2. The minimum absolute atomic E-state index is 0.0899. The van der Waals surface area contributed by atoms with Gasteiger partial charge in [0.2, 0.25) is 0 Å². The van der Waals surface area contributed by atoms with Gasteiger partial charge in [-0.1, -0.05) is 83.6 Å². The van der Waals surface area contributed by atoms with E-state index in [9.17, 15) is 0 Å². The molecule has 0 fully saturated rings. The van der Waals surface area contributed by atoms with Crippen molar-refractivity contribution in [1.29, 1.82) is 0 Å². The van der Waals surface area contributed by atoms with Gasteiger partial charge in [-0.3, -0.25) is 0 Å². The molecule has 0 aliphatic heterocycles. The maximum Gasteiger partial charge on any atom is 0.0316 e. The van der Waals surface area contributed by atoms with Crippen LogP contribution in [0.4, 0.5) is 11.4 Å². The monoisotopic (exact) mass is 380 g/mol. The van der Waals surface area contributed by atoms with Crippen molar-refractivity contribution in [2.45, 2.75) is 89.9 Å². The smallest absolute Gasteiger partial charge is 0.0316 e. The van der Waals surface area contributed by atoms with Crippen LogP contribution in [0.1, 0.15) is 95.6 Å². The van der Waals surface area contributed by atoms with Crippen molar-refractivity contribution in [3.05, 3.63) is 59.7 Å². The van der Waals surface area contributed by atoms with E-state index in [0.29, 0.717) is 5.92 Å². The van der Waals surface area contributed by atoms with Gasteiger partial charge in [-0.2, -0.15) is 0 Å². The van der Waals surface area contributed by atoms with Gasteiger partial charge in [0, 0.05) is 16.8 Å². The van der Waals surface area contributed by atoms with Crippen LogP contribution in [0.15, 0.2) is 48.5 Å². The van der Waals surface area contributed by atoms with Crippen molar-refractivity contribution in [1.82, 2.24) is 0 Å². The van der Waals surface area contributed by atoms with Gasteiger partial charge in [0.25, 0.3) is 0 Å². The third kappa shape index (κ3) is 5.53. The number of nitrogen functional groups attached to an aromatic ring is 2. The third-order valence-corrected chi connectivity index (χ3v) is 6.55. The molecule has 1 unspecified atom stereocenters. The van der Waals surface area contributed by atoms with Gasteiger partial charge in [0.05, 0.1) is 0 Å². The summed E-state index contributed by atoms with van der Waals surface area (Å²) in [6.07, 6.45) is 11.4. The van der Waals surface area contributed by atoms with Gasteiger partial charge in [-0.05, 0) is 60.6 Å². The molecule has 4 N–H and O–H groups in total. The van der Waals surface area contributed by atoms with Gasteiger partial charge in [0.1, 0.15) is 0 Å². The minimum Gasteiger partial charge on any atom is -0.399 e. The van der Waals surface area contributed by atoms with E-state index < -0.39 is 0 Å². The lowest BCUT2D eigenvalue weighted by Gasteiger charge is -2.41. The molecule has 0 saturated heterocycles. The van der Waals surface area contributed by atoms with Gasteiger partial charge in [-0.25, -0.2) is 0 Å². The highest BCUT2D eigenvalue weighted by Gasteiger charge is 2.38. The zero-order chi connectivity index (χ0) is 20.4. The molecule has 0 aromatic heterocycles. The van der Waals surface area contributed by atoms with E-state index >= 15 is 0 Å². The van der Waals surface area contributed by atoms with Gasteiger partial charge in [-0.15, -0.1) is 0 Å². The van der Waals surface area contributed by atoms with Crippen molar-refractivity contribution < 1.29 is 0 Å². The standard InChI is InChI=1S/C26H40N2/c1-4-7-8-9-10-11-18-25(21-14-12-16-23(27)19-21)26(5-2,6-3)22-15-13-17-24(28)20-22/h12-17,19-20,25H,4-11,18,27-28H2,1-3H3. The van der Waals surface area contributed by atoms with E-state index in [1.165, 1.54) is 56.1 Å². The Balaban J connectivity index is 2.33. The highest BCUT2D eigenvalue weighted by molar-refractivity contribution is 5.47. The van der Waals surface area contributed by atoms with E-state index in [4.69, 9.17) is 11.5 Å². The molecule has 154 valence electrons. The average molecular weight is 381 g/mol. The second-order valence-electron chi connectivity index (χ2n) is 8.27. The fourth-order valence-corrected chi connectivity index (χ4v) is 4.87. The Labute approximate surface area is 172 Å². The number of hydrogen-bond acceptors (Lipinski definition) is 2. The van der Waals surface area contributed by atoms with Crippen LogP contribution in [0, 0.1) is 0 Å². The van der Waals surface area contributed by atoms with Crippen LogP contribution in [0.25, 0.3) is 0 Å². The molecule has 0 bridgehead atoms. The molecule has 2 rings (SSSR count). The summed E-state index contributed by atoms with van der Waals surface area (Å²) < 4.78 is 0. The summed E-state index contributed by atoms with van der Waals surface area (Å²) in [6.45, 7) is 6.93. The molecule has 0 saturated carbocycles. The summed E-state index contributed by atoms with van der Waals surface area (Å²) >= 11 is 0. The first kappa shape index (κ1) is 22.3. The zero-order valence-electron chi connectivity index (χ0n) is 18.2. The molecule has 2 aromatic rings. The summed E-state index contributed by atoms with van der Waals surface area (Å²) in [5.74, 6) is 0.457. The van der Waals surface area contributed by atoms with Crippen LogP contribution >= 0.6 is 0 Å². The lowest BCUT2D eigenvalue weighted by Crippen LogP contribution is -2.33. The van der Waals surface area contributed by atoms with Crippen LogP contribution < -0.4 is 11.5 Å². The van der Waals surface area contributed by atoms with E-state index in [2.05, 4.69) is 57.2 Å². The Hall–Kier alpha value is -1.96. The normalized spacial score (nSPS) is 12.8. The highest BCUT2D eigenvalue weighted by atomic mass is 14.6. The lowest BCUT2D eigenvalue weighted by atomic mass is 9.62. The van der Waals surface area contributed by atoms with Gasteiger partial charge < -0.3 is 11.5 Å². The van der Waals surface area contributed by atoms with Crippen molar-refractivity contribution in [2.75, 3.05) is 11.5 Å². The van der Waals surface area contributed by atoms with Crippen LogP contribution in [0.2, 0.25) is 0 Å². The highest BCUT2D eigenvalue weighted by Crippen LogP contribution is 2.48. The van der Waals surface area contributed by atoms with E-state index in [0.717, 1.165) is 24.2 Å². The fourth-order valence-electron chi connectivity index (χ4n) is 4.87. The second kappa shape index (κ2) is 11.1. The number of rotatable bonds is 12. The molecule has 0 aliphatic carbocycles. The lowest BCUT2D eigenvalue weighted by molar-refractivity contribution is 0.296. The molecular weight excluding hydrogens is 340 g/mol. The molecule has 2 aromatic carbocycles. The molecule has 0 aliphatic rings. The van der Waals surface area contributed by atoms with Gasteiger partial charge in [0.15, 0.2) is 0 Å². The molecule has 2 nitrogen and oxygen atoms in total. The first-order valence-corrected chi connectivity index (χ1v) is 11.3. The fraction of sp³-hybridized carbons (Fsp3) is 0.538. The molecule has 0 amide bonds. The topological polar surface area (TPSA) is 52.0 Å². The number of nitrogens with two attached hydrogens (primary N) is 2. The molecule has 2 heteroatoms. The predicted molar refractivity (Wildman–Crippen MR) is 125 cm³/mol. The first-order valence-electron chi connectivity index (χ1n) is 11.3. The number of hydrogen-bond donors (Lipinski definition) is 2. The molecule has 0 heterocycles. The first-order chi connectivity index (χ1) is 13.6. The van der Waals surface area contributed by atoms with E-state index in [1.54, 1.807) is 0 Å². The van der Waals surface area contributed by atoms with Crippen molar-refractivity contribution in [3.63, 3.8) is 0 Å². The summed E-state index contributed by atoms with van der Waals surface area (Å²) in [5.41, 5.74) is 16.9. The maximum absolute atomic E-state index is 6.18. The predicted octanol–water partition coefficient (Wildman–Crippen LogP) is 7.44. The van der Waals surface area contributed by atoms with Crippen molar-refractivity contribution >= 4 is 11.4 Å². The maximum atomic E-state index is 6.18. The second-order valence-corrected chi connectivity index (χ2v) is 8.27. The van der Waals surface area contributed by atoms with E-state index in [-0.39, 0.29) is 5.41 Å². The summed E-state index contributed by atoms with van der Waals surface area (Å²) in [5, 5.41) is 0. The van der Waals surface area contributed by atoms with Crippen molar-refractivity contribution in [3.8, 4) is 0 Å². The number of unbranched alkanes of at least 4 members (excludes halogenated alkanes) is 5. The molecule has 1 atom stereocenters. The minimum atomic E-state index is 0.0899. The third-order valence-electron chi connectivity index (χ3n) is 6.55. The molecular formula is C26H40N2. The molecule has 0 radical (unpaired) electrons. The summed E-state index contributed by atoms with van der Waals surface area (Å²) in [7, 11) is 0. The molecule has 0 spiro atoms. The quantitative estimate of drug-likeness (QED) is 0.297. The number of anilines is 2. The average Bonchev–Trinajstić information content (AvgIpc) is 2.70. The summed E-state index contributed by atoms with van der Waals surface area (Å²) in [4.78, 5) is 0. The van der Waals surface area contributed by atoms with E-state index in [1.807, 2.05) is 12.1 Å². The Kier molecular flexibility index (Phi) is 8.89. The SMILES string of the molecule is CCCCCCCCC(c1cccc(N)c1)C(CC)(CC)c1cccc(N)c1. The van der Waals surface area contributed by atoms with Crippen molar-refractivity contribution in [2.24, 2.45) is 0 Å². The Morgan fingerprint density at radius 1 is 0.750 bits per heavy atom. The van der Waals surface area contributed by atoms with Crippen LogP contribution in [-0.2, 0) is 5.41 Å². The van der Waals surface area contributed by atoms with Crippen LogP contribution in [0.5, 0.6) is 0 Å². The Bertz CT molecular complexity index is 703. The molecule has 28 heavy (non-hydrogen) atoms.